The molecule has 4 rings (SSSR count). The van der Waals surface area contributed by atoms with Crippen molar-refractivity contribution in [3.63, 3.8) is 0 Å². The fourth-order valence-corrected chi connectivity index (χ4v) is 4.94. The Hall–Kier alpha value is -2.19. The second-order valence-corrected chi connectivity index (χ2v) is 8.89. The van der Waals surface area contributed by atoms with E-state index in [0.717, 1.165) is 39.4 Å². The van der Waals surface area contributed by atoms with Crippen molar-refractivity contribution in [2.24, 2.45) is 5.92 Å². The molecule has 27 heavy (non-hydrogen) atoms. The molecule has 0 aliphatic carbocycles. The number of aryl methyl sites for hydroxylation is 1. The number of aromatic amines is 1. The standard InChI is InChI=1S/C19H21N5OS2/c1-4-11(2)9-13-12(3)27-18-16(13)17(25)20-14(21-18)10-26-19-23-22-15-7-5-6-8-24(15)19/h5-8,11H,4,9-10H2,1-3H3,(H,20,21,25)/t11-/m0/s1. The highest BCUT2D eigenvalue weighted by atomic mass is 32.2. The van der Waals surface area contributed by atoms with Crippen LogP contribution in [0.3, 0.4) is 0 Å². The van der Waals surface area contributed by atoms with Crippen LogP contribution >= 0.6 is 23.1 Å². The Bertz CT molecular complexity index is 1160. The van der Waals surface area contributed by atoms with E-state index in [9.17, 15) is 4.79 Å². The summed E-state index contributed by atoms with van der Waals surface area (Å²) in [5.74, 6) is 1.76. The third-order valence-electron chi connectivity index (χ3n) is 4.78. The number of thiophene rings is 1. The molecule has 0 aliphatic rings. The maximum absolute atomic E-state index is 12.7. The fraction of sp³-hybridized carbons (Fsp3) is 0.368. The predicted octanol–water partition coefficient (Wildman–Crippen LogP) is 4.22. The van der Waals surface area contributed by atoms with Gasteiger partial charge in [-0.1, -0.05) is 38.1 Å². The number of nitrogens with zero attached hydrogens (tertiary/aromatic N) is 4. The molecule has 1 N–H and O–H groups in total. The van der Waals surface area contributed by atoms with E-state index in [1.165, 1.54) is 16.6 Å². The van der Waals surface area contributed by atoms with Crippen LogP contribution in [-0.2, 0) is 12.2 Å². The second-order valence-electron chi connectivity index (χ2n) is 6.75. The molecule has 0 radical (unpaired) electrons. The van der Waals surface area contributed by atoms with E-state index in [2.05, 4.69) is 36.0 Å². The molecule has 140 valence electrons. The first-order valence-corrected chi connectivity index (χ1v) is 10.8. The first-order chi connectivity index (χ1) is 13.1. The van der Waals surface area contributed by atoms with Gasteiger partial charge in [0.05, 0.1) is 11.1 Å². The van der Waals surface area contributed by atoms with E-state index in [-0.39, 0.29) is 5.56 Å². The van der Waals surface area contributed by atoms with Gasteiger partial charge >= 0.3 is 0 Å². The maximum Gasteiger partial charge on any atom is 0.259 e. The van der Waals surface area contributed by atoms with Crippen LogP contribution in [0, 0.1) is 12.8 Å². The highest BCUT2D eigenvalue weighted by molar-refractivity contribution is 7.98. The highest BCUT2D eigenvalue weighted by Gasteiger charge is 2.17. The highest BCUT2D eigenvalue weighted by Crippen LogP contribution is 2.30. The van der Waals surface area contributed by atoms with Crippen molar-refractivity contribution in [1.29, 1.82) is 0 Å². The van der Waals surface area contributed by atoms with Crippen LogP contribution in [0.2, 0.25) is 0 Å². The van der Waals surface area contributed by atoms with E-state index in [1.807, 2.05) is 28.8 Å². The number of hydrogen-bond donors (Lipinski definition) is 1. The number of nitrogens with one attached hydrogen (secondary N) is 1. The molecular formula is C19H21N5OS2. The van der Waals surface area contributed by atoms with Crippen LogP contribution in [0.1, 0.15) is 36.5 Å². The summed E-state index contributed by atoms with van der Waals surface area (Å²) < 4.78 is 1.93. The average Bonchev–Trinajstić information content (AvgIpc) is 3.21. The molecule has 0 spiro atoms. The van der Waals surface area contributed by atoms with Gasteiger partial charge < -0.3 is 4.98 Å². The zero-order valence-corrected chi connectivity index (χ0v) is 17.2. The minimum atomic E-state index is -0.0376. The van der Waals surface area contributed by atoms with Crippen molar-refractivity contribution >= 4 is 39.0 Å². The molecule has 1 atom stereocenters. The molecule has 0 amide bonds. The molecule has 6 nitrogen and oxygen atoms in total. The van der Waals surface area contributed by atoms with Gasteiger partial charge in [-0.3, -0.25) is 9.20 Å². The van der Waals surface area contributed by atoms with Crippen molar-refractivity contribution in [2.75, 3.05) is 0 Å². The van der Waals surface area contributed by atoms with Gasteiger partial charge in [-0.2, -0.15) is 0 Å². The zero-order valence-electron chi connectivity index (χ0n) is 15.5. The van der Waals surface area contributed by atoms with Gasteiger partial charge in [-0.15, -0.1) is 21.5 Å². The Morgan fingerprint density at radius 1 is 1.33 bits per heavy atom. The summed E-state index contributed by atoms with van der Waals surface area (Å²) >= 11 is 3.13. The maximum atomic E-state index is 12.7. The largest absolute Gasteiger partial charge is 0.309 e. The molecule has 4 aromatic rings. The van der Waals surface area contributed by atoms with E-state index >= 15 is 0 Å². The van der Waals surface area contributed by atoms with E-state index in [0.29, 0.717) is 17.5 Å². The fourth-order valence-electron chi connectivity index (χ4n) is 3.08. The normalized spacial score (nSPS) is 12.9. The topological polar surface area (TPSA) is 75.9 Å². The Labute approximate surface area is 165 Å². The third kappa shape index (κ3) is 3.51. The molecule has 4 aromatic heterocycles. The summed E-state index contributed by atoms with van der Waals surface area (Å²) in [5, 5.41) is 9.91. The van der Waals surface area contributed by atoms with E-state index < -0.39 is 0 Å². The van der Waals surface area contributed by atoms with Crippen molar-refractivity contribution in [3.8, 4) is 0 Å². The van der Waals surface area contributed by atoms with Gasteiger partial charge in [0, 0.05) is 11.1 Å². The van der Waals surface area contributed by atoms with Crippen LogP contribution in [0.25, 0.3) is 15.9 Å². The van der Waals surface area contributed by atoms with Crippen molar-refractivity contribution in [2.45, 2.75) is 44.5 Å². The monoisotopic (exact) mass is 399 g/mol. The number of rotatable bonds is 6. The lowest BCUT2D eigenvalue weighted by Gasteiger charge is -2.08. The van der Waals surface area contributed by atoms with Crippen molar-refractivity contribution in [1.82, 2.24) is 24.6 Å². The minimum absolute atomic E-state index is 0.0376. The summed E-state index contributed by atoms with van der Waals surface area (Å²) in [6, 6.07) is 5.79. The lowest BCUT2D eigenvalue weighted by molar-refractivity contribution is 0.561. The Balaban J connectivity index is 1.63. The van der Waals surface area contributed by atoms with Gasteiger partial charge in [0.25, 0.3) is 5.56 Å². The minimum Gasteiger partial charge on any atom is -0.309 e. The van der Waals surface area contributed by atoms with Crippen molar-refractivity contribution in [3.05, 3.63) is 51.0 Å². The number of H-pyrrole nitrogens is 1. The predicted molar refractivity (Wildman–Crippen MR) is 111 cm³/mol. The summed E-state index contributed by atoms with van der Waals surface area (Å²) in [6.07, 6.45) is 3.96. The number of pyridine rings is 1. The molecule has 8 heteroatoms. The SMILES string of the molecule is CC[C@H](C)Cc1c(C)sc2nc(CSc3nnc4ccccn34)[nH]c(=O)c12. The quantitative estimate of drug-likeness (QED) is 0.491. The van der Waals surface area contributed by atoms with E-state index in [4.69, 9.17) is 4.98 Å². The van der Waals surface area contributed by atoms with Gasteiger partial charge in [-0.05, 0) is 37.0 Å². The lowest BCUT2D eigenvalue weighted by Crippen LogP contribution is -2.12. The number of hydrogen-bond acceptors (Lipinski definition) is 6. The van der Waals surface area contributed by atoms with Crippen LogP contribution < -0.4 is 5.56 Å². The van der Waals surface area contributed by atoms with Crippen LogP contribution in [0.4, 0.5) is 0 Å². The second kappa shape index (κ2) is 7.44. The van der Waals surface area contributed by atoms with E-state index in [1.54, 1.807) is 11.3 Å². The molecule has 0 fully saturated rings. The Kier molecular flexibility index (Phi) is 5.01. The van der Waals surface area contributed by atoms with Crippen LogP contribution in [0.15, 0.2) is 34.3 Å². The molecule has 0 unspecified atom stereocenters. The number of fused-ring (bicyclic) bond motifs is 2. The van der Waals surface area contributed by atoms with Crippen LogP contribution in [0.5, 0.6) is 0 Å². The molecule has 0 aliphatic heterocycles. The van der Waals surface area contributed by atoms with Crippen LogP contribution in [-0.4, -0.2) is 24.6 Å². The average molecular weight is 400 g/mol. The first-order valence-electron chi connectivity index (χ1n) is 9.00. The summed E-state index contributed by atoms with van der Waals surface area (Å²) in [5.41, 5.74) is 1.92. The summed E-state index contributed by atoms with van der Waals surface area (Å²) in [4.78, 5) is 22.4. The first kappa shape index (κ1) is 18.2. The van der Waals surface area contributed by atoms with Gasteiger partial charge in [0.1, 0.15) is 10.7 Å². The molecular weight excluding hydrogens is 378 g/mol. The summed E-state index contributed by atoms with van der Waals surface area (Å²) in [6.45, 7) is 6.49. The molecule has 0 bridgehead atoms. The molecule has 0 aromatic carbocycles. The number of thioether (sulfide) groups is 1. The Morgan fingerprint density at radius 3 is 3.00 bits per heavy atom. The van der Waals surface area contributed by atoms with Gasteiger partial charge in [-0.25, -0.2) is 4.98 Å². The molecule has 4 heterocycles. The third-order valence-corrected chi connectivity index (χ3v) is 6.78. The van der Waals surface area contributed by atoms with Crippen molar-refractivity contribution < 1.29 is 0 Å². The number of aromatic nitrogens is 5. The van der Waals surface area contributed by atoms with Gasteiger partial charge in [0.15, 0.2) is 10.8 Å². The molecule has 0 saturated carbocycles. The Morgan fingerprint density at radius 2 is 2.19 bits per heavy atom. The molecule has 0 saturated heterocycles. The zero-order chi connectivity index (χ0) is 19.0. The lowest BCUT2D eigenvalue weighted by atomic mass is 9.98. The summed E-state index contributed by atoms with van der Waals surface area (Å²) in [7, 11) is 0. The van der Waals surface area contributed by atoms with Gasteiger partial charge in [0.2, 0.25) is 0 Å². The smallest absolute Gasteiger partial charge is 0.259 e.